The summed E-state index contributed by atoms with van der Waals surface area (Å²) in [5.41, 5.74) is 3.84. The monoisotopic (exact) mass is 324 g/mol. The molecule has 3 heterocycles. The van der Waals surface area contributed by atoms with Crippen LogP contribution < -0.4 is 0 Å². The third-order valence-corrected chi connectivity index (χ3v) is 4.90. The lowest BCUT2D eigenvalue weighted by Crippen LogP contribution is -2.30. The zero-order chi connectivity index (χ0) is 16.7. The first-order valence-corrected chi connectivity index (χ1v) is 8.24. The minimum atomic E-state index is 0.135. The van der Waals surface area contributed by atoms with Crippen molar-refractivity contribution in [1.82, 2.24) is 19.6 Å². The summed E-state index contributed by atoms with van der Waals surface area (Å²) < 4.78 is 7.35. The van der Waals surface area contributed by atoms with Gasteiger partial charge in [0.1, 0.15) is 5.76 Å². The third kappa shape index (κ3) is 2.48. The highest BCUT2D eigenvalue weighted by atomic mass is 16.5. The van der Waals surface area contributed by atoms with Gasteiger partial charge < -0.3 is 14.0 Å². The molecular formula is C18H20N4O2. The van der Waals surface area contributed by atoms with Crippen molar-refractivity contribution in [2.45, 2.75) is 32.7 Å². The van der Waals surface area contributed by atoms with Gasteiger partial charge in [-0.15, -0.1) is 0 Å². The minimum Gasteiger partial charge on any atom is -0.361 e. The SMILES string of the molecule is Cc1noc(C)c1CC(=O)N1CCC(n2cnc3ccccc32)C1. The van der Waals surface area contributed by atoms with Gasteiger partial charge in [-0.1, -0.05) is 17.3 Å². The lowest BCUT2D eigenvalue weighted by molar-refractivity contribution is -0.129. The molecule has 24 heavy (non-hydrogen) atoms. The van der Waals surface area contributed by atoms with Crippen LogP contribution in [0.3, 0.4) is 0 Å². The molecule has 4 rings (SSSR count). The number of hydrogen-bond acceptors (Lipinski definition) is 4. The summed E-state index contributed by atoms with van der Waals surface area (Å²) in [4.78, 5) is 19.0. The number of likely N-dealkylation sites (tertiary alicyclic amines) is 1. The van der Waals surface area contributed by atoms with E-state index in [0.717, 1.165) is 47.6 Å². The van der Waals surface area contributed by atoms with Crippen LogP contribution in [0.2, 0.25) is 0 Å². The van der Waals surface area contributed by atoms with E-state index in [1.165, 1.54) is 0 Å². The van der Waals surface area contributed by atoms with Crippen LogP contribution in [-0.4, -0.2) is 38.6 Å². The molecule has 1 unspecified atom stereocenters. The lowest BCUT2D eigenvalue weighted by Gasteiger charge is -2.17. The number of fused-ring (bicyclic) bond motifs is 1. The Hall–Kier alpha value is -2.63. The van der Waals surface area contributed by atoms with Crippen LogP contribution in [0.1, 0.15) is 29.5 Å². The number of imidazole rings is 1. The highest BCUT2D eigenvalue weighted by Crippen LogP contribution is 2.26. The minimum absolute atomic E-state index is 0.135. The molecule has 6 nitrogen and oxygen atoms in total. The van der Waals surface area contributed by atoms with Gasteiger partial charge in [0.05, 0.1) is 35.5 Å². The molecule has 1 aliphatic rings. The summed E-state index contributed by atoms with van der Waals surface area (Å²) in [7, 11) is 0. The predicted octanol–water partition coefficient (Wildman–Crippen LogP) is 2.66. The van der Waals surface area contributed by atoms with E-state index in [-0.39, 0.29) is 11.9 Å². The molecule has 3 aromatic rings. The van der Waals surface area contributed by atoms with Crippen molar-refractivity contribution >= 4 is 16.9 Å². The molecule has 1 saturated heterocycles. The highest BCUT2D eigenvalue weighted by molar-refractivity contribution is 5.80. The second kappa shape index (κ2) is 5.78. The first kappa shape index (κ1) is 14.9. The molecule has 6 heteroatoms. The maximum atomic E-state index is 12.6. The van der Waals surface area contributed by atoms with Gasteiger partial charge in [0.2, 0.25) is 5.91 Å². The van der Waals surface area contributed by atoms with Gasteiger partial charge in [0.15, 0.2) is 0 Å². The van der Waals surface area contributed by atoms with Gasteiger partial charge in [-0.3, -0.25) is 4.79 Å². The number of nitrogens with zero attached hydrogens (tertiary/aromatic N) is 4. The Morgan fingerprint density at radius 1 is 1.33 bits per heavy atom. The predicted molar refractivity (Wildman–Crippen MR) is 89.6 cm³/mol. The quantitative estimate of drug-likeness (QED) is 0.743. The summed E-state index contributed by atoms with van der Waals surface area (Å²) >= 11 is 0. The smallest absolute Gasteiger partial charge is 0.227 e. The molecule has 1 atom stereocenters. The van der Waals surface area contributed by atoms with Crippen LogP contribution in [0.15, 0.2) is 35.1 Å². The average molecular weight is 324 g/mol. The van der Waals surface area contributed by atoms with Gasteiger partial charge in [-0.05, 0) is 32.4 Å². The average Bonchev–Trinajstić information content (AvgIpc) is 3.29. The molecule has 1 fully saturated rings. The molecule has 1 amide bonds. The van der Waals surface area contributed by atoms with Gasteiger partial charge >= 0.3 is 0 Å². The van der Waals surface area contributed by atoms with E-state index in [0.29, 0.717) is 6.42 Å². The lowest BCUT2D eigenvalue weighted by atomic mass is 10.1. The fourth-order valence-electron chi connectivity index (χ4n) is 3.48. The van der Waals surface area contributed by atoms with Crippen molar-refractivity contribution in [3.63, 3.8) is 0 Å². The molecule has 0 aliphatic carbocycles. The van der Waals surface area contributed by atoms with Gasteiger partial charge in [0.25, 0.3) is 0 Å². The highest BCUT2D eigenvalue weighted by Gasteiger charge is 2.29. The Bertz CT molecular complexity index is 876. The summed E-state index contributed by atoms with van der Waals surface area (Å²) in [5.74, 6) is 0.869. The van der Waals surface area contributed by atoms with Crippen molar-refractivity contribution in [1.29, 1.82) is 0 Å². The Labute approximate surface area is 140 Å². The number of aromatic nitrogens is 3. The Morgan fingerprint density at radius 2 is 2.17 bits per heavy atom. The van der Waals surface area contributed by atoms with Crippen LogP contribution in [0.5, 0.6) is 0 Å². The number of benzene rings is 1. The third-order valence-electron chi connectivity index (χ3n) is 4.90. The van der Waals surface area contributed by atoms with Crippen molar-refractivity contribution in [2.24, 2.45) is 0 Å². The van der Waals surface area contributed by atoms with Gasteiger partial charge in [0, 0.05) is 18.7 Å². The second-order valence-electron chi connectivity index (χ2n) is 6.40. The van der Waals surface area contributed by atoms with Crippen molar-refractivity contribution in [3.8, 4) is 0 Å². The Morgan fingerprint density at radius 3 is 2.96 bits per heavy atom. The Balaban J connectivity index is 1.49. The van der Waals surface area contributed by atoms with E-state index in [2.05, 4.69) is 20.8 Å². The van der Waals surface area contributed by atoms with E-state index in [1.54, 1.807) is 0 Å². The van der Waals surface area contributed by atoms with E-state index in [4.69, 9.17) is 4.52 Å². The van der Waals surface area contributed by atoms with Crippen LogP contribution >= 0.6 is 0 Å². The number of rotatable bonds is 3. The summed E-state index contributed by atoms with van der Waals surface area (Å²) in [6.07, 6.45) is 3.20. The number of carbonyl (C=O) groups excluding carboxylic acids is 1. The molecule has 1 aliphatic heterocycles. The molecule has 0 N–H and O–H groups in total. The van der Waals surface area contributed by atoms with E-state index >= 15 is 0 Å². The van der Waals surface area contributed by atoms with Crippen LogP contribution in [-0.2, 0) is 11.2 Å². The molecule has 1 aromatic carbocycles. The van der Waals surface area contributed by atoms with Crippen molar-refractivity contribution < 1.29 is 9.32 Å². The van der Waals surface area contributed by atoms with Crippen molar-refractivity contribution in [3.05, 3.63) is 47.6 Å². The van der Waals surface area contributed by atoms with E-state index in [1.807, 2.05) is 43.3 Å². The van der Waals surface area contributed by atoms with Crippen LogP contribution in [0, 0.1) is 13.8 Å². The molecule has 0 radical (unpaired) electrons. The number of para-hydroxylation sites is 2. The zero-order valence-corrected chi connectivity index (χ0v) is 13.9. The first-order chi connectivity index (χ1) is 11.6. The zero-order valence-electron chi connectivity index (χ0n) is 13.9. The van der Waals surface area contributed by atoms with Gasteiger partial charge in [-0.25, -0.2) is 4.98 Å². The normalized spacial score (nSPS) is 17.8. The second-order valence-corrected chi connectivity index (χ2v) is 6.40. The van der Waals surface area contributed by atoms with E-state index < -0.39 is 0 Å². The fraction of sp³-hybridized carbons (Fsp3) is 0.389. The summed E-state index contributed by atoms with van der Waals surface area (Å²) in [5, 5.41) is 3.93. The molecular weight excluding hydrogens is 304 g/mol. The largest absolute Gasteiger partial charge is 0.361 e. The van der Waals surface area contributed by atoms with E-state index in [9.17, 15) is 4.79 Å². The molecule has 0 spiro atoms. The molecule has 0 saturated carbocycles. The first-order valence-electron chi connectivity index (χ1n) is 8.24. The maximum Gasteiger partial charge on any atom is 0.227 e. The fourth-order valence-corrected chi connectivity index (χ4v) is 3.48. The van der Waals surface area contributed by atoms with Crippen molar-refractivity contribution in [2.75, 3.05) is 13.1 Å². The number of amides is 1. The van der Waals surface area contributed by atoms with Gasteiger partial charge in [-0.2, -0.15) is 0 Å². The summed E-state index contributed by atoms with van der Waals surface area (Å²) in [6, 6.07) is 8.40. The molecule has 2 aromatic heterocycles. The number of aryl methyl sites for hydroxylation is 2. The topological polar surface area (TPSA) is 64.2 Å². The maximum absolute atomic E-state index is 12.6. The summed E-state index contributed by atoms with van der Waals surface area (Å²) in [6.45, 7) is 5.23. The number of hydrogen-bond donors (Lipinski definition) is 0. The molecule has 124 valence electrons. The number of carbonyl (C=O) groups is 1. The molecule has 0 bridgehead atoms. The van der Waals surface area contributed by atoms with Crippen LogP contribution in [0.4, 0.5) is 0 Å². The Kier molecular flexibility index (Phi) is 3.59. The van der Waals surface area contributed by atoms with Crippen LogP contribution in [0.25, 0.3) is 11.0 Å². The standard InChI is InChI=1S/C18H20N4O2/c1-12-15(13(2)24-20-12)9-18(23)21-8-7-14(10-21)22-11-19-16-5-3-4-6-17(16)22/h3-6,11,14H,7-10H2,1-2H3.